The van der Waals surface area contributed by atoms with E-state index in [9.17, 15) is 4.79 Å². The Bertz CT molecular complexity index is 714. The highest BCUT2D eigenvalue weighted by atomic mass is 35.5. The molecule has 0 saturated heterocycles. The molecule has 0 radical (unpaired) electrons. The number of methoxy groups -OCH3 is 1. The van der Waals surface area contributed by atoms with Crippen molar-refractivity contribution in [1.29, 1.82) is 0 Å². The molecule has 4 nitrogen and oxygen atoms in total. The first-order chi connectivity index (χ1) is 11.6. The second-order valence-electron chi connectivity index (χ2n) is 6.20. The fourth-order valence-corrected chi connectivity index (χ4v) is 3.06. The van der Waals surface area contributed by atoms with Crippen LogP contribution in [0.1, 0.15) is 35.7 Å². The first-order valence-electron chi connectivity index (χ1n) is 8.14. The van der Waals surface area contributed by atoms with Gasteiger partial charge in [0.25, 0.3) is 5.91 Å². The number of nitrogens with zero attached hydrogens (tertiary/aromatic N) is 2. The molecule has 0 aliphatic heterocycles. The lowest BCUT2D eigenvalue weighted by Crippen LogP contribution is -2.39. The average Bonchev–Trinajstić information content (AvgIpc) is 3.44. The van der Waals surface area contributed by atoms with Gasteiger partial charge in [0.15, 0.2) is 0 Å². The Morgan fingerprint density at radius 3 is 2.62 bits per heavy atom. The smallest absolute Gasteiger partial charge is 0.257 e. The van der Waals surface area contributed by atoms with Gasteiger partial charge in [-0.15, -0.1) is 0 Å². The van der Waals surface area contributed by atoms with Crippen molar-refractivity contribution in [3.05, 3.63) is 58.9 Å². The number of benzene rings is 1. The molecule has 1 aromatic carbocycles. The van der Waals surface area contributed by atoms with E-state index in [0.717, 1.165) is 11.3 Å². The molecule has 0 bridgehead atoms. The van der Waals surface area contributed by atoms with Gasteiger partial charge in [-0.05, 0) is 55.5 Å². The number of pyridine rings is 1. The summed E-state index contributed by atoms with van der Waals surface area (Å²) in [6, 6.07) is 11.5. The average molecular weight is 345 g/mol. The normalized spacial score (nSPS) is 15.0. The van der Waals surface area contributed by atoms with Crippen LogP contribution in [0.5, 0.6) is 5.75 Å². The van der Waals surface area contributed by atoms with E-state index < -0.39 is 0 Å². The van der Waals surface area contributed by atoms with E-state index in [1.54, 1.807) is 25.4 Å². The van der Waals surface area contributed by atoms with Gasteiger partial charge in [0, 0.05) is 18.8 Å². The van der Waals surface area contributed by atoms with Crippen LogP contribution in [0, 0.1) is 5.92 Å². The summed E-state index contributed by atoms with van der Waals surface area (Å²) < 4.78 is 5.20. The van der Waals surface area contributed by atoms with Crippen LogP contribution >= 0.6 is 11.6 Å². The minimum Gasteiger partial charge on any atom is -0.497 e. The zero-order valence-electron chi connectivity index (χ0n) is 13.9. The highest BCUT2D eigenvalue weighted by Crippen LogP contribution is 2.36. The van der Waals surface area contributed by atoms with Gasteiger partial charge in [-0.3, -0.25) is 4.79 Å². The van der Waals surface area contributed by atoms with Crippen molar-refractivity contribution in [2.45, 2.75) is 32.4 Å². The van der Waals surface area contributed by atoms with Crippen molar-refractivity contribution in [3.63, 3.8) is 0 Å². The molecule has 1 atom stereocenters. The fraction of sp³-hybridized carbons (Fsp3) is 0.368. The molecule has 1 aliphatic carbocycles. The molecular weight excluding hydrogens is 324 g/mol. The summed E-state index contributed by atoms with van der Waals surface area (Å²) in [5, 5.41) is 0.255. The van der Waals surface area contributed by atoms with E-state index in [1.807, 2.05) is 29.2 Å². The first-order valence-corrected chi connectivity index (χ1v) is 8.52. The summed E-state index contributed by atoms with van der Waals surface area (Å²) in [6.45, 7) is 2.66. The lowest BCUT2D eigenvalue weighted by atomic mass is 10.1. The summed E-state index contributed by atoms with van der Waals surface area (Å²) in [4.78, 5) is 19.0. The van der Waals surface area contributed by atoms with Crippen molar-refractivity contribution >= 4 is 17.5 Å². The van der Waals surface area contributed by atoms with E-state index in [0.29, 0.717) is 18.0 Å². The number of carbonyl (C=O) groups excluding carboxylic acids is 1. The first kappa shape index (κ1) is 16.8. The summed E-state index contributed by atoms with van der Waals surface area (Å²) in [5.74, 6) is 1.31. The molecule has 126 valence electrons. The molecular formula is C19H21ClN2O2. The van der Waals surface area contributed by atoms with Gasteiger partial charge in [0.1, 0.15) is 10.9 Å². The second kappa shape index (κ2) is 7.22. The molecule has 1 aliphatic rings. The van der Waals surface area contributed by atoms with Gasteiger partial charge in [-0.1, -0.05) is 23.7 Å². The molecule has 1 unspecified atom stereocenters. The largest absolute Gasteiger partial charge is 0.497 e. The molecule has 2 aromatic rings. The molecule has 24 heavy (non-hydrogen) atoms. The van der Waals surface area contributed by atoms with Crippen LogP contribution in [0.25, 0.3) is 0 Å². The third-order valence-corrected chi connectivity index (χ3v) is 4.86. The Kier molecular flexibility index (Phi) is 5.05. The number of amides is 1. The Hall–Kier alpha value is -2.07. The minimum absolute atomic E-state index is 0.0664. The predicted octanol–water partition coefficient (Wildman–Crippen LogP) is 4.18. The van der Waals surface area contributed by atoms with Gasteiger partial charge in [0.05, 0.1) is 12.7 Å². The molecule has 1 fully saturated rings. The quantitative estimate of drug-likeness (QED) is 0.738. The topological polar surface area (TPSA) is 42.4 Å². The van der Waals surface area contributed by atoms with Crippen LogP contribution in [0.15, 0.2) is 42.6 Å². The van der Waals surface area contributed by atoms with Gasteiger partial charge in [0.2, 0.25) is 0 Å². The Labute approximate surface area is 147 Å². The van der Waals surface area contributed by atoms with E-state index in [1.165, 1.54) is 12.8 Å². The van der Waals surface area contributed by atoms with Gasteiger partial charge < -0.3 is 9.64 Å². The number of carbonyl (C=O) groups is 1. The zero-order valence-corrected chi connectivity index (χ0v) is 14.7. The van der Waals surface area contributed by atoms with Crippen molar-refractivity contribution in [2.24, 2.45) is 5.92 Å². The molecule has 1 heterocycles. The maximum absolute atomic E-state index is 13.0. The highest BCUT2D eigenvalue weighted by Gasteiger charge is 2.35. The van der Waals surface area contributed by atoms with E-state index >= 15 is 0 Å². The summed E-state index contributed by atoms with van der Waals surface area (Å²) in [7, 11) is 1.64. The minimum atomic E-state index is -0.0664. The molecule has 3 rings (SSSR count). The lowest BCUT2D eigenvalue weighted by Gasteiger charge is -2.30. The number of hydrogen-bond donors (Lipinski definition) is 0. The number of hydrogen-bond acceptors (Lipinski definition) is 3. The summed E-state index contributed by atoms with van der Waals surface area (Å²) in [5.41, 5.74) is 1.52. The third kappa shape index (κ3) is 3.70. The fourth-order valence-electron chi connectivity index (χ4n) is 2.86. The summed E-state index contributed by atoms with van der Waals surface area (Å²) >= 11 is 6.13. The van der Waals surface area contributed by atoms with Crippen LogP contribution in [0.4, 0.5) is 0 Å². The predicted molar refractivity (Wildman–Crippen MR) is 94.3 cm³/mol. The van der Waals surface area contributed by atoms with Crippen LogP contribution in [0.3, 0.4) is 0 Å². The number of rotatable bonds is 6. The standard InChI is InChI=1S/C19H21ClN2O2/c1-13(15-7-8-15)22(12-14-5-9-16(24-2)10-6-14)19(23)17-4-3-11-21-18(17)20/h3-6,9-11,13,15H,7-8,12H2,1-2H3. The lowest BCUT2D eigenvalue weighted by molar-refractivity contribution is 0.0654. The molecule has 5 heteroatoms. The Morgan fingerprint density at radius 1 is 1.33 bits per heavy atom. The Morgan fingerprint density at radius 2 is 2.04 bits per heavy atom. The molecule has 0 N–H and O–H groups in total. The number of halogens is 1. The maximum Gasteiger partial charge on any atom is 0.257 e. The molecule has 1 aromatic heterocycles. The zero-order chi connectivity index (χ0) is 17.1. The van der Waals surface area contributed by atoms with Crippen molar-refractivity contribution in [2.75, 3.05) is 7.11 Å². The van der Waals surface area contributed by atoms with E-state index in [2.05, 4.69) is 11.9 Å². The van der Waals surface area contributed by atoms with Crippen LogP contribution in [-0.2, 0) is 6.54 Å². The molecule has 1 amide bonds. The monoisotopic (exact) mass is 344 g/mol. The van der Waals surface area contributed by atoms with Crippen LogP contribution in [-0.4, -0.2) is 28.9 Å². The van der Waals surface area contributed by atoms with Crippen molar-refractivity contribution < 1.29 is 9.53 Å². The van der Waals surface area contributed by atoms with Crippen LogP contribution < -0.4 is 4.74 Å². The summed E-state index contributed by atoms with van der Waals surface area (Å²) in [6.07, 6.45) is 3.94. The maximum atomic E-state index is 13.0. The number of aromatic nitrogens is 1. The van der Waals surface area contributed by atoms with Crippen molar-refractivity contribution in [3.8, 4) is 5.75 Å². The molecule has 1 saturated carbocycles. The van der Waals surface area contributed by atoms with Gasteiger partial charge >= 0.3 is 0 Å². The van der Waals surface area contributed by atoms with Gasteiger partial charge in [-0.2, -0.15) is 0 Å². The third-order valence-electron chi connectivity index (χ3n) is 4.56. The van der Waals surface area contributed by atoms with Gasteiger partial charge in [-0.25, -0.2) is 4.98 Å². The van der Waals surface area contributed by atoms with Crippen LogP contribution in [0.2, 0.25) is 5.15 Å². The second-order valence-corrected chi connectivity index (χ2v) is 6.56. The molecule has 0 spiro atoms. The Balaban J connectivity index is 1.85. The van der Waals surface area contributed by atoms with E-state index in [4.69, 9.17) is 16.3 Å². The SMILES string of the molecule is COc1ccc(CN(C(=O)c2cccnc2Cl)C(C)C2CC2)cc1. The number of ether oxygens (including phenoxy) is 1. The van der Waals surface area contributed by atoms with Crippen molar-refractivity contribution in [1.82, 2.24) is 9.88 Å². The highest BCUT2D eigenvalue weighted by molar-refractivity contribution is 6.32. The van der Waals surface area contributed by atoms with E-state index in [-0.39, 0.29) is 17.1 Å².